The summed E-state index contributed by atoms with van der Waals surface area (Å²) in [7, 11) is 0. The summed E-state index contributed by atoms with van der Waals surface area (Å²) < 4.78 is 17.0. The molecule has 0 aromatic rings. The largest absolute Gasteiger partial charge is 0.462 e. The average Bonchev–Trinajstić information content (AvgIpc) is 3.43. The van der Waals surface area contributed by atoms with Crippen LogP contribution in [-0.2, 0) is 28.6 Å². The molecule has 0 N–H and O–H groups in total. The third kappa shape index (κ3) is 64.6. The van der Waals surface area contributed by atoms with Crippen molar-refractivity contribution in [3.05, 3.63) is 24.3 Å². The molecule has 0 spiro atoms. The number of carbonyl (C=O) groups excluding carboxylic acids is 3. The molecule has 0 rings (SSSR count). The summed E-state index contributed by atoms with van der Waals surface area (Å²) in [6.07, 6.45) is 80.5. The van der Waals surface area contributed by atoms with E-state index in [1.807, 2.05) is 0 Å². The van der Waals surface area contributed by atoms with Gasteiger partial charge in [0.2, 0.25) is 0 Å². The van der Waals surface area contributed by atoms with Gasteiger partial charge in [0.25, 0.3) is 0 Å². The molecule has 0 amide bonds. The lowest BCUT2D eigenvalue weighted by Gasteiger charge is -2.18. The highest BCUT2D eigenvalue weighted by Crippen LogP contribution is 2.19. The van der Waals surface area contributed by atoms with E-state index >= 15 is 0 Å². The Morgan fingerprint density at radius 1 is 0.260 bits per heavy atom. The van der Waals surface area contributed by atoms with Gasteiger partial charge >= 0.3 is 17.9 Å². The number of rotatable bonds is 65. The standard InChI is InChI=1S/C71H134O6/c1-4-7-10-13-16-19-22-25-28-30-32-33-34-35-36-37-39-40-43-46-49-52-55-58-61-64-70(73)76-67-68(66-75-69(72)63-60-57-54-51-48-45-42-27-24-21-18-15-12-9-6-3)77-71(74)65-62-59-56-53-50-47-44-41-38-31-29-26-23-20-17-14-11-8-5-2/h22,25,30,32,68H,4-21,23-24,26-29,31,33-67H2,1-3H3/b25-22-,32-30-. The summed E-state index contributed by atoms with van der Waals surface area (Å²) in [6, 6.07) is 0. The van der Waals surface area contributed by atoms with Crippen molar-refractivity contribution in [2.45, 2.75) is 399 Å². The van der Waals surface area contributed by atoms with Crippen LogP contribution in [0.4, 0.5) is 0 Å². The quantitative estimate of drug-likeness (QED) is 0.0261. The fraction of sp³-hybridized carbons (Fsp3) is 0.901. The first-order chi connectivity index (χ1) is 38.0. The van der Waals surface area contributed by atoms with Gasteiger partial charge in [0.05, 0.1) is 0 Å². The minimum Gasteiger partial charge on any atom is -0.462 e. The van der Waals surface area contributed by atoms with E-state index in [9.17, 15) is 14.4 Å². The molecule has 0 bridgehead atoms. The van der Waals surface area contributed by atoms with Gasteiger partial charge in [-0.05, 0) is 51.4 Å². The normalized spacial score (nSPS) is 12.1. The zero-order chi connectivity index (χ0) is 55.7. The highest BCUT2D eigenvalue weighted by Gasteiger charge is 2.19. The molecular weight excluding hydrogens is 949 g/mol. The van der Waals surface area contributed by atoms with Crippen molar-refractivity contribution in [1.29, 1.82) is 0 Å². The first kappa shape index (κ1) is 74.9. The molecule has 0 heterocycles. The van der Waals surface area contributed by atoms with Crippen LogP contribution in [0.25, 0.3) is 0 Å². The minimum absolute atomic E-state index is 0.0641. The van der Waals surface area contributed by atoms with Crippen molar-refractivity contribution >= 4 is 17.9 Å². The van der Waals surface area contributed by atoms with Crippen molar-refractivity contribution in [1.82, 2.24) is 0 Å². The van der Waals surface area contributed by atoms with Crippen LogP contribution in [0.5, 0.6) is 0 Å². The molecule has 0 aliphatic rings. The van der Waals surface area contributed by atoms with E-state index in [1.165, 1.54) is 289 Å². The van der Waals surface area contributed by atoms with Gasteiger partial charge in [-0.2, -0.15) is 0 Å². The van der Waals surface area contributed by atoms with E-state index in [0.717, 1.165) is 64.2 Å². The van der Waals surface area contributed by atoms with Gasteiger partial charge in [-0.1, -0.05) is 347 Å². The molecule has 0 aromatic carbocycles. The van der Waals surface area contributed by atoms with Crippen LogP contribution in [-0.4, -0.2) is 37.2 Å². The summed E-state index contributed by atoms with van der Waals surface area (Å²) >= 11 is 0. The zero-order valence-electron chi connectivity index (χ0n) is 52.3. The lowest BCUT2D eigenvalue weighted by atomic mass is 10.0. The SMILES string of the molecule is CCCCCCC/C=C\C/C=C\CCCCCCCCCCCCCCCC(=O)OCC(COC(=O)CCCCCCCCCCCCCCCCC)OC(=O)CCCCCCCCCCCCCCCCCCCCC. The maximum Gasteiger partial charge on any atom is 0.306 e. The van der Waals surface area contributed by atoms with Crippen molar-refractivity contribution in [2.75, 3.05) is 13.2 Å². The van der Waals surface area contributed by atoms with Gasteiger partial charge in [0.15, 0.2) is 6.10 Å². The molecule has 6 nitrogen and oxygen atoms in total. The second-order valence-electron chi connectivity index (χ2n) is 23.8. The monoisotopic (exact) mass is 1080 g/mol. The predicted molar refractivity (Wildman–Crippen MR) is 335 cm³/mol. The van der Waals surface area contributed by atoms with Gasteiger partial charge in [-0.25, -0.2) is 0 Å². The van der Waals surface area contributed by atoms with Crippen molar-refractivity contribution in [3.8, 4) is 0 Å². The van der Waals surface area contributed by atoms with Crippen LogP contribution in [0.2, 0.25) is 0 Å². The van der Waals surface area contributed by atoms with E-state index in [0.29, 0.717) is 19.3 Å². The van der Waals surface area contributed by atoms with Gasteiger partial charge < -0.3 is 14.2 Å². The molecule has 0 saturated carbocycles. The van der Waals surface area contributed by atoms with Crippen LogP contribution in [0.15, 0.2) is 24.3 Å². The molecule has 0 aliphatic carbocycles. The topological polar surface area (TPSA) is 78.9 Å². The van der Waals surface area contributed by atoms with E-state index in [-0.39, 0.29) is 31.1 Å². The smallest absolute Gasteiger partial charge is 0.306 e. The lowest BCUT2D eigenvalue weighted by Crippen LogP contribution is -2.30. The Hall–Kier alpha value is -2.11. The van der Waals surface area contributed by atoms with E-state index in [4.69, 9.17) is 14.2 Å². The second-order valence-corrected chi connectivity index (χ2v) is 23.8. The summed E-state index contributed by atoms with van der Waals surface area (Å²) in [6.45, 7) is 6.71. The number of ether oxygens (including phenoxy) is 3. The van der Waals surface area contributed by atoms with Gasteiger partial charge in [-0.15, -0.1) is 0 Å². The highest BCUT2D eigenvalue weighted by atomic mass is 16.6. The van der Waals surface area contributed by atoms with E-state index in [2.05, 4.69) is 45.1 Å². The fourth-order valence-electron chi connectivity index (χ4n) is 10.7. The summed E-state index contributed by atoms with van der Waals surface area (Å²) in [5, 5.41) is 0. The van der Waals surface area contributed by atoms with E-state index in [1.54, 1.807) is 0 Å². The molecule has 454 valence electrons. The molecule has 0 aliphatic heterocycles. The van der Waals surface area contributed by atoms with Crippen molar-refractivity contribution in [2.24, 2.45) is 0 Å². The van der Waals surface area contributed by atoms with Crippen LogP contribution in [0.3, 0.4) is 0 Å². The third-order valence-electron chi connectivity index (χ3n) is 16.0. The Kier molecular flexibility index (Phi) is 64.6. The molecule has 77 heavy (non-hydrogen) atoms. The second kappa shape index (κ2) is 66.4. The molecule has 0 aromatic heterocycles. The Balaban J connectivity index is 4.25. The van der Waals surface area contributed by atoms with Crippen LogP contribution < -0.4 is 0 Å². The van der Waals surface area contributed by atoms with Gasteiger partial charge in [0, 0.05) is 19.3 Å². The zero-order valence-corrected chi connectivity index (χ0v) is 52.3. The maximum atomic E-state index is 12.9. The first-order valence-electron chi connectivity index (χ1n) is 34.8. The van der Waals surface area contributed by atoms with Crippen LogP contribution >= 0.6 is 0 Å². The predicted octanol–water partition coefficient (Wildman–Crippen LogP) is 23.8. The Labute approximate surface area is 481 Å². The fourth-order valence-corrected chi connectivity index (χ4v) is 10.7. The van der Waals surface area contributed by atoms with Gasteiger partial charge in [0.1, 0.15) is 13.2 Å². The summed E-state index contributed by atoms with van der Waals surface area (Å²) in [5.74, 6) is -0.831. The number of allylic oxidation sites excluding steroid dienone is 4. The summed E-state index contributed by atoms with van der Waals surface area (Å²) in [5.41, 5.74) is 0. The number of unbranched alkanes of at least 4 members (excludes halogenated alkanes) is 50. The first-order valence-corrected chi connectivity index (χ1v) is 34.8. The number of esters is 3. The minimum atomic E-state index is -0.767. The Morgan fingerprint density at radius 3 is 0.714 bits per heavy atom. The Bertz CT molecular complexity index is 1240. The van der Waals surface area contributed by atoms with E-state index < -0.39 is 6.10 Å². The Morgan fingerprint density at radius 2 is 0.468 bits per heavy atom. The molecule has 6 heteroatoms. The molecule has 0 radical (unpaired) electrons. The molecule has 1 atom stereocenters. The number of hydrogen-bond donors (Lipinski definition) is 0. The number of hydrogen-bond acceptors (Lipinski definition) is 6. The number of carbonyl (C=O) groups is 3. The maximum absolute atomic E-state index is 12.9. The van der Waals surface area contributed by atoms with Crippen molar-refractivity contribution < 1.29 is 28.6 Å². The third-order valence-corrected chi connectivity index (χ3v) is 16.0. The molecule has 0 saturated heterocycles. The van der Waals surface area contributed by atoms with Crippen molar-refractivity contribution in [3.63, 3.8) is 0 Å². The van der Waals surface area contributed by atoms with Gasteiger partial charge in [-0.3, -0.25) is 14.4 Å². The molecule has 1 unspecified atom stereocenters. The lowest BCUT2D eigenvalue weighted by molar-refractivity contribution is -0.167. The molecule has 0 fully saturated rings. The van der Waals surface area contributed by atoms with Crippen LogP contribution in [0.1, 0.15) is 393 Å². The average molecular weight is 1080 g/mol. The molecular formula is C71H134O6. The summed E-state index contributed by atoms with van der Waals surface area (Å²) in [4.78, 5) is 38.4. The highest BCUT2D eigenvalue weighted by molar-refractivity contribution is 5.71. The van der Waals surface area contributed by atoms with Crippen LogP contribution in [0, 0.1) is 0 Å².